The summed E-state index contributed by atoms with van der Waals surface area (Å²) in [6.45, 7) is 0.157. The number of hydrogen-bond donors (Lipinski definition) is 1. The smallest absolute Gasteiger partial charge is 0.291 e. The third-order valence-corrected chi connectivity index (χ3v) is 3.25. The predicted molar refractivity (Wildman–Crippen MR) is 86.4 cm³/mol. The van der Waals surface area contributed by atoms with E-state index in [1.54, 1.807) is 54.9 Å². The largest absolute Gasteiger partial charge is 0.489 e. The molecular weight excluding hydrogens is 306 g/mol. The van der Waals surface area contributed by atoms with E-state index in [9.17, 15) is 4.79 Å². The first-order chi connectivity index (χ1) is 11.8. The van der Waals surface area contributed by atoms with Gasteiger partial charge in [0, 0.05) is 23.6 Å². The lowest BCUT2D eigenvalue weighted by molar-refractivity contribution is 0.0993. The first-order valence-corrected chi connectivity index (χ1v) is 7.17. The van der Waals surface area contributed by atoms with E-state index in [0.717, 1.165) is 0 Å². The number of benzene rings is 1. The number of nitrogens with one attached hydrogen (secondary N) is 1. The van der Waals surface area contributed by atoms with Crippen molar-refractivity contribution < 1.29 is 13.9 Å². The van der Waals surface area contributed by atoms with Gasteiger partial charge >= 0.3 is 0 Å². The number of furan rings is 1. The molecule has 1 aromatic carbocycles. The molecule has 0 bridgehead atoms. The Morgan fingerprint density at radius 3 is 2.88 bits per heavy atom. The number of pyridine rings is 1. The van der Waals surface area contributed by atoms with Gasteiger partial charge in [0.15, 0.2) is 5.76 Å². The summed E-state index contributed by atoms with van der Waals surface area (Å²) in [5.74, 6) is 0.370. The van der Waals surface area contributed by atoms with Gasteiger partial charge in [0.05, 0.1) is 17.9 Å². The summed E-state index contributed by atoms with van der Waals surface area (Å²) >= 11 is 0. The maximum atomic E-state index is 12.3. The van der Waals surface area contributed by atoms with Gasteiger partial charge in [-0.25, -0.2) is 0 Å². The molecule has 0 aliphatic carbocycles. The Kier molecular flexibility index (Phi) is 4.54. The van der Waals surface area contributed by atoms with Crippen molar-refractivity contribution in [3.8, 4) is 11.8 Å². The van der Waals surface area contributed by atoms with Gasteiger partial charge in [-0.05, 0) is 36.4 Å². The standard InChI is InChI=1S/C18H13N3O3/c19-11-13-2-1-3-16(10-13)24-12-14-6-9-23-17(14)18(22)21-15-4-7-20-8-5-15/h1-10H,12H2,(H,20,21,22). The van der Waals surface area contributed by atoms with Gasteiger partial charge in [0.25, 0.3) is 5.91 Å². The minimum absolute atomic E-state index is 0.157. The second-order valence-electron chi connectivity index (χ2n) is 4.89. The Morgan fingerprint density at radius 1 is 1.25 bits per heavy atom. The Bertz CT molecular complexity index is 882. The minimum atomic E-state index is -0.365. The van der Waals surface area contributed by atoms with E-state index < -0.39 is 0 Å². The maximum Gasteiger partial charge on any atom is 0.291 e. The van der Waals surface area contributed by atoms with Crippen LogP contribution in [-0.4, -0.2) is 10.9 Å². The van der Waals surface area contributed by atoms with Crippen molar-refractivity contribution in [2.24, 2.45) is 0 Å². The number of carbonyl (C=O) groups excluding carboxylic acids is 1. The van der Waals surface area contributed by atoms with Gasteiger partial charge in [-0.2, -0.15) is 5.26 Å². The average Bonchev–Trinajstić information content (AvgIpc) is 3.10. The van der Waals surface area contributed by atoms with Crippen LogP contribution in [0.25, 0.3) is 0 Å². The number of nitriles is 1. The van der Waals surface area contributed by atoms with Crippen molar-refractivity contribution in [1.29, 1.82) is 5.26 Å². The Balaban J connectivity index is 1.69. The summed E-state index contributed by atoms with van der Waals surface area (Å²) in [6.07, 6.45) is 4.61. The summed E-state index contributed by atoms with van der Waals surface area (Å²) in [7, 11) is 0. The van der Waals surface area contributed by atoms with E-state index in [0.29, 0.717) is 22.6 Å². The summed E-state index contributed by atoms with van der Waals surface area (Å²) in [5, 5.41) is 11.6. The number of anilines is 1. The summed E-state index contributed by atoms with van der Waals surface area (Å²) in [5.41, 5.74) is 1.75. The van der Waals surface area contributed by atoms with Crippen LogP contribution in [-0.2, 0) is 6.61 Å². The van der Waals surface area contributed by atoms with E-state index in [4.69, 9.17) is 14.4 Å². The van der Waals surface area contributed by atoms with Crippen molar-refractivity contribution in [3.63, 3.8) is 0 Å². The molecule has 3 rings (SSSR count). The van der Waals surface area contributed by atoms with E-state index in [2.05, 4.69) is 10.3 Å². The molecule has 1 N–H and O–H groups in total. The zero-order valence-electron chi connectivity index (χ0n) is 12.6. The molecule has 2 aromatic heterocycles. The van der Waals surface area contributed by atoms with Gasteiger partial charge in [-0.15, -0.1) is 0 Å². The van der Waals surface area contributed by atoms with Crippen molar-refractivity contribution in [2.75, 3.05) is 5.32 Å². The van der Waals surface area contributed by atoms with Crippen molar-refractivity contribution in [2.45, 2.75) is 6.61 Å². The van der Waals surface area contributed by atoms with Gasteiger partial charge < -0.3 is 14.5 Å². The normalized spacial score (nSPS) is 9.96. The Hall–Kier alpha value is -3.59. The molecule has 3 aromatic rings. The molecular formula is C18H13N3O3. The summed E-state index contributed by atoms with van der Waals surface area (Å²) < 4.78 is 10.9. The number of amides is 1. The lowest BCUT2D eigenvalue weighted by atomic mass is 10.2. The van der Waals surface area contributed by atoms with E-state index in [1.165, 1.54) is 6.26 Å². The van der Waals surface area contributed by atoms with E-state index >= 15 is 0 Å². The number of ether oxygens (including phenoxy) is 1. The van der Waals surface area contributed by atoms with Gasteiger partial charge in [0.1, 0.15) is 12.4 Å². The van der Waals surface area contributed by atoms with Crippen molar-refractivity contribution in [1.82, 2.24) is 4.98 Å². The zero-order chi connectivity index (χ0) is 16.8. The molecule has 0 aliphatic heterocycles. The SMILES string of the molecule is N#Cc1cccc(OCc2ccoc2C(=O)Nc2ccncc2)c1. The molecule has 24 heavy (non-hydrogen) atoms. The highest BCUT2D eigenvalue weighted by atomic mass is 16.5. The fraction of sp³-hybridized carbons (Fsp3) is 0.0556. The molecule has 0 spiro atoms. The fourth-order valence-corrected chi connectivity index (χ4v) is 2.09. The highest BCUT2D eigenvalue weighted by Crippen LogP contribution is 2.18. The molecule has 1 amide bonds. The van der Waals surface area contributed by atoms with Crippen LogP contribution < -0.4 is 10.1 Å². The Morgan fingerprint density at radius 2 is 2.08 bits per heavy atom. The molecule has 0 atom stereocenters. The maximum absolute atomic E-state index is 12.3. The van der Waals surface area contributed by atoms with Crippen LogP contribution in [0.2, 0.25) is 0 Å². The molecule has 0 saturated heterocycles. The third kappa shape index (κ3) is 3.59. The third-order valence-electron chi connectivity index (χ3n) is 3.25. The number of aromatic nitrogens is 1. The average molecular weight is 319 g/mol. The monoisotopic (exact) mass is 319 g/mol. The Labute approximate surface area is 138 Å². The van der Waals surface area contributed by atoms with Crippen LogP contribution in [0.15, 0.2) is 65.5 Å². The highest BCUT2D eigenvalue weighted by Gasteiger charge is 2.16. The zero-order valence-corrected chi connectivity index (χ0v) is 12.6. The topological polar surface area (TPSA) is 88.1 Å². The number of nitrogens with zero attached hydrogens (tertiary/aromatic N) is 2. The predicted octanol–water partition coefficient (Wildman–Crippen LogP) is 3.38. The van der Waals surface area contributed by atoms with Crippen LogP contribution in [0.1, 0.15) is 21.7 Å². The molecule has 0 saturated carbocycles. The van der Waals surface area contributed by atoms with Crippen LogP contribution in [0, 0.1) is 11.3 Å². The van der Waals surface area contributed by atoms with Crippen molar-refractivity contribution in [3.05, 3.63) is 78.0 Å². The molecule has 6 heteroatoms. The summed E-state index contributed by atoms with van der Waals surface area (Å²) in [4.78, 5) is 16.2. The highest BCUT2D eigenvalue weighted by molar-refractivity contribution is 6.03. The number of rotatable bonds is 5. The lowest BCUT2D eigenvalue weighted by Crippen LogP contribution is -2.13. The van der Waals surface area contributed by atoms with E-state index in [1.807, 2.05) is 6.07 Å². The lowest BCUT2D eigenvalue weighted by Gasteiger charge is -2.07. The first-order valence-electron chi connectivity index (χ1n) is 7.17. The molecule has 0 radical (unpaired) electrons. The van der Waals surface area contributed by atoms with Crippen molar-refractivity contribution >= 4 is 11.6 Å². The van der Waals surface area contributed by atoms with Crippen LogP contribution in [0.5, 0.6) is 5.75 Å². The van der Waals surface area contributed by atoms with Crippen LogP contribution in [0.4, 0.5) is 5.69 Å². The van der Waals surface area contributed by atoms with Crippen LogP contribution in [0.3, 0.4) is 0 Å². The second kappa shape index (κ2) is 7.11. The van der Waals surface area contributed by atoms with E-state index in [-0.39, 0.29) is 18.3 Å². The first kappa shape index (κ1) is 15.3. The molecule has 0 fully saturated rings. The number of hydrogen-bond acceptors (Lipinski definition) is 5. The van der Waals surface area contributed by atoms with Crippen LogP contribution >= 0.6 is 0 Å². The van der Waals surface area contributed by atoms with Gasteiger partial charge in [0.2, 0.25) is 0 Å². The molecule has 2 heterocycles. The molecule has 0 aliphatic rings. The molecule has 0 unspecified atom stereocenters. The fourth-order valence-electron chi connectivity index (χ4n) is 2.09. The molecule has 6 nitrogen and oxygen atoms in total. The molecule has 118 valence electrons. The quantitative estimate of drug-likeness (QED) is 0.779. The minimum Gasteiger partial charge on any atom is -0.489 e. The summed E-state index contributed by atoms with van der Waals surface area (Å²) in [6, 6.07) is 13.9. The number of carbonyl (C=O) groups is 1. The second-order valence-corrected chi connectivity index (χ2v) is 4.89. The van der Waals surface area contributed by atoms with Gasteiger partial charge in [-0.3, -0.25) is 9.78 Å². The van der Waals surface area contributed by atoms with Gasteiger partial charge in [-0.1, -0.05) is 6.07 Å².